The average Bonchev–Trinajstić information content (AvgIpc) is 3.15. The van der Waals surface area contributed by atoms with E-state index in [-0.39, 0.29) is 46.2 Å². The standard InChI is InChI=1S/C26H33NO7S/c1-4-35-18-10-17(29)24(2,22-16-9-13-11-26(18,22)12-25(13,3)34-16)8-7-19(30)27-20-15(28)6-5-14(21(20)31)23(32)33/h5-6,13,16,18,22,28,31H,4,7-12H2,1-3H3,(H,27,30)(H,32,33)/t13-,16-,18-,22-,24+,25-,26-/m0/s1. The first-order chi connectivity index (χ1) is 16.4. The van der Waals surface area contributed by atoms with Gasteiger partial charge in [0.15, 0.2) is 5.75 Å². The number of hydrogen-bond donors (Lipinski definition) is 4. The molecule has 0 radical (unpaired) electrons. The fraction of sp³-hybridized carbons (Fsp3) is 0.654. The number of phenols is 2. The van der Waals surface area contributed by atoms with Crippen LogP contribution in [0.3, 0.4) is 0 Å². The Labute approximate surface area is 208 Å². The number of aromatic carboxylic acids is 1. The highest BCUT2D eigenvalue weighted by Crippen LogP contribution is 2.74. The predicted molar refractivity (Wildman–Crippen MR) is 131 cm³/mol. The Morgan fingerprint density at radius 3 is 2.66 bits per heavy atom. The SMILES string of the molecule is CCS[C@H]1CC(=O)[C@@](C)(CCC(=O)Nc2c(O)ccc(C(=O)O)c2O)[C@@H]2[C@@H]3C[C@H]4C[C@]12C[C@]4(C)O3. The third-order valence-electron chi connectivity index (χ3n) is 9.32. The highest BCUT2D eigenvalue weighted by atomic mass is 32.2. The Morgan fingerprint density at radius 2 is 2.00 bits per heavy atom. The lowest BCUT2D eigenvalue weighted by atomic mass is 9.48. The van der Waals surface area contributed by atoms with Crippen LogP contribution in [0.15, 0.2) is 12.1 Å². The molecular formula is C26H33NO7S. The van der Waals surface area contributed by atoms with Crippen molar-refractivity contribution in [2.24, 2.45) is 22.7 Å². The van der Waals surface area contributed by atoms with Crippen molar-refractivity contribution in [2.75, 3.05) is 11.1 Å². The average molecular weight is 504 g/mol. The van der Waals surface area contributed by atoms with Gasteiger partial charge in [0.25, 0.3) is 0 Å². The van der Waals surface area contributed by atoms with E-state index in [1.165, 1.54) is 0 Å². The second-order valence-electron chi connectivity index (χ2n) is 11.2. The maximum Gasteiger partial charge on any atom is 0.339 e. The van der Waals surface area contributed by atoms with E-state index in [9.17, 15) is 29.7 Å². The molecule has 1 amide bonds. The molecule has 1 spiro atoms. The second kappa shape index (κ2) is 8.13. The summed E-state index contributed by atoms with van der Waals surface area (Å²) >= 11 is 1.89. The number of anilines is 1. The molecule has 1 aromatic rings. The van der Waals surface area contributed by atoms with Crippen LogP contribution >= 0.6 is 11.8 Å². The number of carboxylic acids is 1. The first kappa shape index (κ1) is 24.4. The summed E-state index contributed by atoms with van der Waals surface area (Å²) in [5, 5.41) is 32.3. The molecule has 5 fully saturated rings. The molecule has 7 atom stereocenters. The molecule has 2 saturated heterocycles. The van der Waals surface area contributed by atoms with Gasteiger partial charge in [-0.15, -0.1) is 0 Å². The molecule has 4 N–H and O–H groups in total. The van der Waals surface area contributed by atoms with Crippen LogP contribution in [0.25, 0.3) is 0 Å². The van der Waals surface area contributed by atoms with Crippen LogP contribution in [-0.2, 0) is 14.3 Å². The minimum Gasteiger partial charge on any atom is -0.506 e. The van der Waals surface area contributed by atoms with Gasteiger partial charge in [0, 0.05) is 29.4 Å². The summed E-state index contributed by atoms with van der Waals surface area (Å²) in [5.41, 5.74) is -1.54. The van der Waals surface area contributed by atoms with Crippen LogP contribution in [0.4, 0.5) is 5.69 Å². The maximum atomic E-state index is 13.6. The van der Waals surface area contributed by atoms with E-state index in [4.69, 9.17) is 4.74 Å². The topological polar surface area (TPSA) is 133 Å². The normalized spacial score (nSPS) is 39.0. The van der Waals surface area contributed by atoms with Crippen LogP contribution in [0, 0.1) is 22.7 Å². The molecule has 2 aliphatic heterocycles. The second-order valence-corrected chi connectivity index (χ2v) is 12.7. The van der Waals surface area contributed by atoms with E-state index in [1.807, 2.05) is 18.7 Å². The number of carboxylic acid groups (broad SMARTS) is 1. The molecule has 0 aromatic heterocycles. The number of thioether (sulfide) groups is 1. The number of Topliss-reactive ketones (excluding diaryl/α,β-unsaturated/α-hetero) is 1. The van der Waals surface area contributed by atoms with Crippen molar-refractivity contribution >= 4 is 35.1 Å². The number of carbonyl (C=O) groups is 3. The van der Waals surface area contributed by atoms with E-state index in [2.05, 4.69) is 19.2 Å². The number of ketones is 1. The molecule has 9 heteroatoms. The molecular weight excluding hydrogens is 470 g/mol. The fourth-order valence-electron chi connectivity index (χ4n) is 7.94. The van der Waals surface area contributed by atoms with Gasteiger partial charge in [-0.2, -0.15) is 11.8 Å². The van der Waals surface area contributed by atoms with E-state index < -0.39 is 34.4 Å². The smallest absolute Gasteiger partial charge is 0.339 e. The predicted octanol–water partition coefficient (Wildman–Crippen LogP) is 4.19. The molecule has 8 nitrogen and oxygen atoms in total. The van der Waals surface area contributed by atoms with Gasteiger partial charge in [-0.3, -0.25) is 9.59 Å². The quantitative estimate of drug-likeness (QED) is 0.407. The van der Waals surface area contributed by atoms with Gasteiger partial charge in [-0.1, -0.05) is 13.8 Å². The number of nitrogens with one attached hydrogen (secondary N) is 1. The Hall–Kier alpha value is -2.26. The number of carbonyl (C=O) groups excluding carboxylic acids is 2. The molecule has 3 aliphatic carbocycles. The van der Waals surface area contributed by atoms with Gasteiger partial charge in [0.2, 0.25) is 5.91 Å². The molecule has 190 valence electrons. The van der Waals surface area contributed by atoms with Crippen molar-refractivity contribution in [1.29, 1.82) is 0 Å². The summed E-state index contributed by atoms with van der Waals surface area (Å²) < 4.78 is 6.56. The van der Waals surface area contributed by atoms with Crippen molar-refractivity contribution < 1.29 is 34.4 Å². The number of hydrogen-bond acceptors (Lipinski definition) is 7. The zero-order valence-electron chi connectivity index (χ0n) is 20.3. The Balaban J connectivity index is 1.38. The lowest BCUT2D eigenvalue weighted by Gasteiger charge is -2.60. The van der Waals surface area contributed by atoms with Crippen LogP contribution < -0.4 is 5.32 Å². The Morgan fingerprint density at radius 1 is 1.26 bits per heavy atom. The number of amides is 1. The van der Waals surface area contributed by atoms with E-state index in [0.717, 1.165) is 37.1 Å². The fourth-order valence-corrected chi connectivity index (χ4v) is 9.27. The number of ether oxygens (including phenoxy) is 1. The zero-order chi connectivity index (χ0) is 25.3. The summed E-state index contributed by atoms with van der Waals surface area (Å²) in [4.78, 5) is 37.8. The van der Waals surface area contributed by atoms with Crippen molar-refractivity contribution in [3.05, 3.63) is 17.7 Å². The number of aromatic hydroxyl groups is 2. The third-order valence-corrected chi connectivity index (χ3v) is 10.7. The van der Waals surface area contributed by atoms with Crippen LogP contribution in [-0.4, -0.2) is 55.7 Å². The number of rotatable bonds is 7. The van der Waals surface area contributed by atoms with E-state index in [1.54, 1.807) is 0 Å². The van der Waals surface area contributed by atoms with Gasteiger partial charge in [0.1, 0.15) is 22.8 Å². The van der Waals surface area contributed by atoms with Crippen LogP contribution in [0.5, 0.6) is 11.5 Å². The van der Waals surface area contributed by atoms with Crippen LogP contribution in [0.1, 0.15) is 69.7 Å². The molecule has 2 heterocycles. The lowest BCUT2D eigenvalue weighted by molar-refractivity contribution is -0.189. The van der Waals surface area contributed by atoms with Crippen LogP contribution in [0.2, 0.25) is 0 Å². The molecule has 0 unspecified atom stereocenters. The minimum atomic E-state index is -1.37. The highest BCUT2D eigenvalue weighted by molar-refractivity contribution is 7.99. The van der Waals surface area contributed by atoms with Gasteiger partial charge in [-0.25, -0.2) is 4.79 Å². The lowest BCUT2D eigenvalue weighted by Crippen LogP contribution is -2.63. The van der Waals surface area contributed by atoms with Gasteiger partial charge < -0.3 is 25.4 Å². The summed E-state index contributed by atoms with van der Waals surface area (Å²) in [5.74, 6) is -1.28. The van der Waals surface area contributed by atoms with E-state index >= 15 is 0 Å². The van der Waals surface area contributed by atoms with E-state index in [0.29, 0.717) is 18.8 Å². The third kappa shape index (κ3) is 3.49. The zero-order valence-corrected chi connectivity index (χ0v) is 21.1. The Bertz CT molecular complexity index is 1110. The monoisotopic (exact) mass is 503 g/mol. The summed E-state index contributed by atoms with van der Waals surface area (Å²) in [6.45, 7) is 6.35. The number of phenolic OH excluding ortho intramolecular Hbond substituents is 1. The van der Waals surface area contributed by atoms with Gasteiger partial charge in [0.05, 0.1) is 11.7 Å². The van der Waals surface area contributed by atoms with Crippen molar-refractivity contribution in [1.82, 2.24) is 0 Å². The molecule has 5 aliphatic rings. The van der Waals surface area contributed by atoms with Gasteiger partial charge in [-0.05, 0) is 61.8 Å². The molecule has 4 bridgehead atoms. The Kier molecular flexibility index (Phi) is 5.68. The maximum absolute atomic E-state index is 13.6. The van der Waals surface area contributed by atoms with Crippen molar-refractivity contribution in [3.63, 3.8) is 0 Å². The summed E-state index contributed by atoms with van der Waals surface area (Å²) in [7, 11) is 0. The van der Waals surface area contributed by atoms with Crippen molar-refractivity contribution in [3.8, 4) is 11.5 Å². The first-order valence-electron chi connectivity index (χ1n) is 12.4. The largest absolute Gasteiger partial charge is 0.506 e. The van der Waals surface area contributed by atoms with Gasteiger partial charge >= 0.3 is 5.97 Å². The summed E-state index contributed by atoms with van der Waals surface area (Å²) in [6, 6.07) is 2.18. The molecule has 3 saturated carbocycles. The number of benzene rings is 1. The van der Waals surface area contributed by atoms with Crippen molar-refractivity contribution in [2.45, 2.75) is 76.3 Å². The first-order valence-corrected chi connectivity index (χ1v) is 13.4. The molecule has 35 heavy (non-hydrogen) atoms. The highest BCUT2D eigenvalue weighted by Gasteiger charge is 2.75. The summed E-state index contributed by atoms with van der Waals surface area (Å²) in [6.07, 6.45) is 3.85. The molecule has 6 rings (SSSR count). The molecule has 1 aromatic carbocycles. The minimum absolute atomic E-state index is 0.00397.